The molecule has 0 saturated carbocycles. The van der Waals surface area contributed by atoms with Crippen LogP contribution in [0.2, 0.25) is 0 Å². The Balaban J connectivity index is 1.18. The predicted molar refractivity (Wildman–Crippen MR) is 158 cm³/mol. The molecule has 0 bridgehead atoms. The van der Waals surface area contributed by atoms with Crippen molar-refractivity contribution in [2.24, 2.45) is 0 Å². The predicted octanol–water partition coefficient (Wildman–Crippen LogP) is 7.89. The van der Waals surface area contributed by atoms with E-state index in [0.717, 1.165) is 33.0 Å². The lowest BCUT2D eigenvalue weighted by Crippen LogP contribution is -2.08. The topological polar surface area (TPSA) is 73.6 Å². The largest absolute Gasteiger partial charge is 0.493 e. The van der Waals surface area contributed by atoms with Gasteiger partial charge in [0.15, 0.2) is 17.1 Å². The van der Waals surface area contributed by atoms with Crippen molar-refractivity contribution in [1.82, 2.24) is 4.98 Å². The first-order valence-corrected chi connectivity index (χ1v) is 12.9. The third-order valence-corrected chi connectivity index (χ3v) is 6.55. The summed E-state index contributed by atoms with van der Waals surface area (Å²) in [5, 5.41) is 5.03. The Bertz CT molecular complexity index is 1840. The number of aromatic nitrogens is 1. The summed E-state index contributed by atoms with van der Waals surface area (Å²) in [6.07, 6.45) is 3.21. The molecule has 1 amide bonds. The van der Waals surface area contributed by atoms with Crippen LogP contribution in [-0.2, 0) is 11.4 Å². The average Bonchev–Trinajstić information content (AvgIpc) is 3.45. The number of oxazole rings is 1. The van der Waals surface area contributed by atoms with Crippen LogP contribution < -0.4 is 14.8 Å². The average molecular weight is 527 g/mol. The highest BCUT2D eigenvalue weighted by molar-refractivity contribution is 6.05. The monoisotopic (exact) mass is 526 g/mol. The lowest BCUT2D eigenvalue weighted by atomic mass is 10.1. The Labute approximate surface area is 231 Å². The summed E-state index contributed by atoms with van der Waals surface area (Å²) in [5.41, 5.74) is 4.66. The molecule has 0 saturated heterocycles. The first-order valence-electron chi connectivity index (χ1n) is 12.9. The van der Waals surface area contributed by atoms with Crippen molar-refractivity contribution in [3.8, 4) is 23.0 Å². The van der Waals surface area contributed by atoms with Gasteiger partial charge in [0.05, 0.1) is 18.4 Å². The molecule has 40 heavy (non-hydrogen) atoms. The summed E-state index contributed by atoms with van der Waals surface area (Å²) in [6.45, 7) is 0.435. The summed E-state index contributed by atoms with van der Waals surface area (Å²) in [7, 11) is 1.59. The SMILES string of the molecule is COc1cc(C=CC(=O)Nc2ccccc2-c2nc3ccc4ccccc4c3o2)ccc1OCc1ccccc1. The summed E-state index contributed by atoms with van der Waals surface area (Å²) in [4.78, 5) is 17.6. The minimum Gasteiger partial charge on any atom is -0.493 e. The fourth-order valence-electron chi connectivity index (χ4n) is 4.54. The lowest BCUT2D eigenvalue weighted by Gasteiger charge is -2.11. The number of amides is 1. The molecule has 6 heteroatoms. The van der Waals surface area contributed by atoms with Crippen LogP contribution in [0.15, 0.2) is 120 Å². The fraction of sp³-hybridized carbons (Fsp3) is 0.0588. The van der Waals surface area contributed by atoms with Crippen LogP contribution in [0, 0.1) is 0 Å². The Kier molecular flexibility index (Phi) is 6.97. The molecule has 0 atom stereocenters. The second-order valence-electron chi connectivity index (χ2n) is 9.21. The molecule has 196 valence electrons. The minimum atomic E-state index is -0.280. The number of rotatable bonds is 8. The molecule has 1 heterocycles. The first kappa shape index (κ1) is 24.9. The molecule has 0 fully saturated rings. The van der Waals surface area contributed by atoms with E-state index in [1.165, 1.54) is 6.08 Å². The van der Waals surface area contributed by atoms with E-state index < -0.39 is 0 Å². The molecule has 0 spiro atoms. The Morgan fingerprint density at radius 2 is 1.68 bits per heavy atom. The Morgan fingerprint density at radius 1 is 0.875 bits per heavy atom. The highest BCUT2D eigenvalue weighted by atomic mass is 16.5. The molecule has 0 aliphatic heterocycles. The minimum absolute atomic E-state index is 0.280. The van der Waals surface area contributed by atoms with Crippen molar-refractivity contribution in [3.05, 3.63) is 126 Å². The van der Waals surface area contributed by atoms with Gasteiger partial charge in [-0.1, -0.05) is 78.9 Å². The number of methoxy groups -OCH3 is 1. The first-order chi connectivity index (χ1) is 19.7. The zero-order valence-electron chi connectivity index (χ0n) is 21.8. The van der Waals surface area contributed by atoms with Crippen molar-refractivity contribution >= 4 is 39.5 Å². The van der Waals surface area contributed by atoms with E-state index in [1.807, 2.05) is 109 Å². The molecule has 5 aromatic carbocycles. The van der Waals surface area contributed by atoms with Gasteiger partial charge in [-0.05, 0) is 52.9 Å². The number of hydrogen-bond acceptors (Lipinski definition) is 5. The quantitative estimate of drug-likeness (QED) is 0.204. The van der Waals surface area contributed by atoms with Crippen molar-refractivity contribution in [1.29, 1.82) is 0 Å². The van der Waals surface area contributed by atoms with Gasteiger partial charge in [-0.2, -0.15) is 0 Å². The summed E-state index contributed by atoms with van der Waals surface area (Å²) < 4.78 is 17.6. The van der Waals surface area contributed by atoms with Gasteiger partial charge in [-0.3, -0.25) is 4.79 Å². The number of para-hydroxylation sites is 1. The molecular weight excluding hydrogens is 500 g/mol. The van der Waals surface area contributed by atoms with Gasteiger partial charge in [-0.15, -0.1) is 0 Å². The second kappa shape index (κ2) is 11.2. The van der Waals surface area contributed by atoms with Crippen molar-refractivity contribution in [3.63, 3.8) is 0 Å². The maximum Gasteiger partial charge on any atom is 0.248 e. The smallest absolute Gasteiger partial charge is 0.248 e. The lowest BCUT2D eigenvalue weighted by molar-refractivity contribution is -0.111. The molecule has 0 aliphatic carbocycles. The van der Waals surface area contributed by atoms with Crippen molar-refractivity contribution < 1.29 is 18.7 Å². The maximum atomic E-state index is 12.9. The summed E-state index contributed by atoms with van der Waals surface area (Å²) >= 11 is 0. The van der Waals surface area contributed by atoms with Gasteiger partial charge >= 0.3 is 0 Å². The highest BCUT2D eigenvalue weighted by Gasteiger charge is 2.15. The number of hydrogen-bond donors (Lipinski definition) is 1. The standard InChI is InChI=1S/C34H26N2O4/c1-38-31-21-23(15-19-30(31)39-22-24-9-3-2-4-10-24)16-20-32(37)35-28-14-8-7-13-27(28)34-36-29-18-17-25-11-5-6-12-26(25)33(29)40-34/h2-21H,22H2,1H3,(H,35,37). The molecule has 6 rings (SSSR count). The van der Waals surface area contributed by atoms with E-state index in [9.17, 15) is 4.79 Å². The van der Waals surface area contributed by atoms with Crippen LogP contribution in [0.4, 0.5) is 5.69 Å². The van der Waals surface area contributed by atoms with Crippen LogP contribution in [0.25, 0.3) is 39.4 Å². The van der Waals surface area contributed by atoms with E-state index in [4.69, 9.17) is 18.9 Å². The highest BCUT2D eigenvalue weighted by Crippen LogP contribution is 2.33. The van der Waals surface area contributed by atoms with Gasteiger partial charge in [0.2, 0.25) is 11.8 Å². The maximum absolute atomic E-state index is 12.9. The van der Waals surface area contributed by atoms with Crippen molar-refractivity contribution in [2.45, 2.75) is 6.61 Å². The third kappa shape index (κ3) is 5.28. The number of fused-ring (bicyclic) bond motifs is 3. The van der Waals surface area contributed by atoms with Crippen molar-refractivity contribution in [2.75, 3.05) is 12.4 Å². The van der Waals surface area contributed by atoms with Gasteiger partial charge in [0.25, 0.3) is 0 Å². The number of carbonyl (C=O) groups excluding carboxylic acids is 1. The van der Waals surface area contributed by atoms with Gasteiger partial charge in [-0.25, -0.2) is 4.98 Å². The number of benzene rings is 5. The van der Waals surface area contributed by atoms with E-state index in [2.05, 4.69) is 5.32 Å². The molecule has 0 aliphatic rings. The molecule has 0 unspecified atom stereocenters. The second-order valence-corrected chi connectivity index (χ2v) is 9.21. The van der Waals surface area contributed by atoms with Gasteiger partial charge in [0, 0.05) is 11.5 Å². The number of anilines is 1. The van der Waals surface area contributed by atoms with Crippen LogP contribution in [-0.4, -0.2) is 18.0 Å². The number of nitrogens with zero attached hydrogens (tertiary/aromatic N) is 1. The van der Waals surface area contributed by atoms with Crippen LogP contribution in [0.5, 0.6) is 11.5 Å². The Morgan fingerprint density at radius 3 is 2.55 bits per heavy atom. The van der Waals surface area contributed by atoms with E-state index in [1.54, 1.807) is 13.2 Å². The summed E-state index contributed by atoms with van der Waals surface area (Å²) in [6, 6.07) is 34.9. The molecule has 6 nitrogen and oxygen atoms in total. The summed E-state index contributed by atoms with van der Waals surface area (Å²) in [5.74, 6) is 1.39. The third-order valence-electron chi connectivity index (χ3n) is 6.55. The van der Waals surface area contributed by atoms with E-state index >= 15 is 0 Å². The molecule has 1 aromatic heterocycles. The van der Waals surface area contributed by atoms with E-state index in [0.29, 0.717) is 35.2 Å². The molecular formula is C34H26N2O4. The van der Waals surface area contributed by atoms with Gasteiger partial charge < -0.3 is 19.2 Å². The molecule has 1 N–H and O–H groups in total. The Hall–Kier alpha value is -5.36. The fourth-order valence-corrected chi connectivity index (χ4v) is 4.54. The van der Waals surface area contributed by atoms with Crippen LogP contribution >= 0.6 is 0 Å². The molecule has 6 aromatic rings. The number of nitrogens with one attached hydrogen (secondary N) is 1. The number of carbonyl (C=O) groups is 1. The van der Waals surface area contributed by atoms with Crippen LogP contribution in [0.1, 0.15) is 11.1 Å². The molecule has 0 radical (unpaired) electrons. The van der Waals surface area contributed by atoms with Crippen LogP contribution in [0.3, 0.4) is 0 Å². The van der Waals surface area contributed by atoms with E-state index in [-0.39, 0.29) is 5.91 Å². The number of ether oxygens (including phenoxy) is 2. The normalized spacial score (nSPS) is 11.2. The zero-order valence-corrected chi connectivity index (χ0v) is 21.8. The zero-order chi connectivity index (χ0) is 27.3. The van der Waals surface area contributed by atoms with Gasteiger partial charge in [0.1, 0.15) is 12.1 Å².